The van der Waals surface area contributed by atoms with Crippen molar-refractivity contribution in [1.29, 1.82) is 0 Å². The van der Waals surface area contributed by atoms with Crippen LogP contribution < -0.4 is 5.32 Å². The van der Waals surface area contributed by atoms with E-state index in [4.69, 9.17) is 5.10 Å². The molecule has 1 N–H and O–H groups in total. The lowest BCUT2D eigenvalue weighted by molar-refractivity contribution is 0.102. The van der Waals surface area contributed by atoms with Crippen molar-refractivity contribution in [2.75, 3.05) is 5.32 Å². The summed E-state index contributed by atoms with van der Waals surface area (Å²) in [4.78, 5) is 17.2. The van der Waals surface area contributed by atoms with Gasteiger partial charge in [0.15, 0.2) is 5.13 Å². The van der Waals surface area contributed by atoms with Crippen LogP contribution >= 0.6 is 11.3 Å². The lowest BCUT2D eigenvalue weighted by Crippen LogP contribution is -2.12. The van der Waals surface area contributed by atoms with Gasteiger partial charge >= 0.3 is 0 Å². The van der Waals surface area contributed by atoms with Crippen LogP contribution in [-0.2, 0) is 0 Å². The van der Waals surface area contributed by atoms with Gasteiger partial charge in [-0.3, -0.25) is 10.1 Å². The predicted molar refractivity (Wildman–Crippen MR) is 117 cm³/mol. The van der Waals surface area contributed by atoms with E-state index in [9.17, 15) is 4.79 Å². The Morgan fingerprint density at radius 2 is 1.72 bits per heavy atom. The molecular formula is C23H16N4OS. The first-order chi connectivity index (χ1) is 14.3. The maximum atomic E-state index is 13.0. The fraction of sp³-hybridized carbons (Fsp3) is 0. The third kappa shape index (κ3) is 3.41. The Labute approximate surface area is 171 Å². The Morgan fingerprint density at radius 1 is 0.931 bits per heavy atom. The van der Waals surface area contributed by atoms with Crippen LogP contribution in [0.5, 0.6) is 0 Å². The number of nitrogens with zero attached hydrogens (tertiary/aromatic N) is 3. The molecule has 0 fully saturated rings. The number of hydrogen-bond acceptors (Lipinski definition) is 4. The zero-order chi connectivity index (χ0) is 19.6. The number of benzene rings is 3. The van der Waals surface area contributed by atoms with Crippen molar-refractivity contribution in [3.05, 3.63) is 96.1 Å². The normalized spacial score (nSPS) is 10.9. The summed E-state index contributed by atoms with van der Waals surface area (Å²) in [5.74, 6) is -0.231. The number of anilines is 1. The third-order valence-electron chi connectivity index (χ3n) is 4.66. The molecule has 2 heterocycles. The Balaban J connectivity index is 1.63. The van der Waals surface area contributed by atoms with Crippen molar-refractivity contribution in [2.24, 2.45) is 0 Å². The molecule has 0 saturated heterocycles. The van der Waals surface area contributed by atoms with Crippen LogP contribution in [0.4, 0.5) is 5.13 Å². The summed E-state index contributed by atoms with van der Waals surface area (Å²) < 4.78 is 1.74. The van der Waals surface area contributed by atoms with E-state index in [1.165, 1.54) is 11.3 Å². The smallest absolute Gasteiger partial charge is 0.261 e. The van der Waals surface area contributed by atoms with Crippen LogP contribution in [0.15, 0.2) is 90.6 Å². The molecule has 140 valence electrons. The van der Waals surface area contributed by atoms with Gasteiger partial charge in [-0.25, -0.2) is 9.67 Å². The van der Waals surface area contributed by atoms with Crippen molar-refractivity contribution in [3.8, 4) is 16.9 Å². The van der Waals surface area contributed by atoms with Crippen molar-refractivity contribution >= 4 is 33.1 Å². The van der Waals surface area contributed by atoms with Crippen LogP contribution in [0.3, 0.4) is 0 Å². The second-order valence-corrected chi connectivity index (χ2v) is 7.42. The molecule has 3 aromatic carbocycles. The Morgan fingerprint density at radius 3 is 2.52 bits per heavy atom. The summed E-state index contributed by atoms with van der Waals surface area (Å²) in [6.45, 7) is 0. The van der Waals surface area contributed by atoms with E-state index in [0.717, 1.165) is 22.0 Å². The Bertz CT molecular complexity index is 1290. The monoisotopic (exact) mass is 396 g/mol. The highest BCUT2D eigenvalue weighted by atomic mass is 32.1. The molecule has 0 aliphatic carbocycles. The van der Waals surface area contributed by atoms with Gasteiger partial charge in [0, 0.05) is 23.3 Å². The summed E-state index contributed by atoms with van der Waals surface area (Å²) in [5, 5.41) is 12.2. The second kappa shape index (κ2) is 7.33. The number of carbonyl (C=O) groups is 1. The van der Waals surface area contributed by atoms with E-state index in [-0.39, 0.29) is 5.91 Å². The zero-order valence-corrected chi connectivity index (χ0v) is 16.1. The molecule has 29 heavy (non-hydrogen) atoms. The summed E-state index contributed by atoms with van der Waals surface area (Å²) in [7, 11) is 0. The molecule has 0 spiro atoms. The molecule has 0 aliphatic heterocycles. The SMILES string of the molecule is O=C(Nc1nccs1)c1cn(-c2ccccc2)nc1-c1ccc2ccccc2c1. The highest BCUT2D eigenvalue weighted by molar-refractivity contribution is 7.13. The van der Waals surface area contributed by atoms with E-state index >= 15 is 0 Å². The Hall–Kier alpha value is -3.77. The largest absolute Gasteiger partial charge is 0.298 e. The molecule has 0 unspecified atom stereocenters. The first-order valence-corrected chi connectivity index (χ1v) is 10.0. The molecule has 5 rings (SSSR count). The van der Waals surface area contributed by atoms with Crippen LogP contribution in [0.2, 0.25) is 0 Å². The summed E-state index contributed by atoms with van der Waals surface area (Å²) in [6.07, 6.45) is 3.43. The standard InChI is InChI=1S/C23H16N4OS/c28-22(25-23-24-12-13-29-23)20-15-27(19-8-2-1-3-9-19)26-21(20)18-11-10-16-6-4-5-7-17(16)14-18/h1-15H,(H,24,25,28). The van der Waals surface area contributed by atoms with Crippen molar-refractivity contribution in [1.82, 2.24) is 14.8 Å². The second-order valence-electron chi connectivity index (χ2n) is 6.52. The molecule has 0 aliphatic rings. The molecular weight excluding hydrogens is 380 g/mol. The maximum absolute atomic E-state index is 13.0. The third-order valence-corrected chi connectivity index (χ3v) is 5.34. The van der Waals surface area contributed by atoms with Crippen molar-refractivity contribution in [3.63, 3.8) is 0 Å². The molecule has 0 saturated carbocycles. The summed E-state index contributed by atoms with van der Waals surface area (Å²) in [6, 6.07) is 24.0. The van der Waals surface area contributed by atoms with Gasteiger partial charge in [0.1, 0.15) is 5.69 Å². The number of thiazole rings is 1. The van der Waals surface area contributed by atoms with Gasteiger partial charge in [0.05, 0.1) is 11.3 Å². The van der Waals surface area contributed by atoms with Gasteiger partial charge in [-0.15, -0.1) is 11.3 Å². The minimum absolute atomic E-state index is 0.231. The van der Waals surface area contributed by atoms with Gasteiger partial charge in [-0.05, 0) is 29.0 Å². The molecule has 1 amide bonds. The lowest BCUT2D eigenvalue weighted by atomic mass is 10.0. The lowest BCUT2D eigenvalue weighted by Gasteiger charge is -2.04. The van der Waals surface area contributed by atoms with Crippen LogP contribution in [0.1, 0.15) is 10.4 Å². The van der Waals surface area contributed by atoms with Crippen LogP contribution in [0.25, 0.3) is 27.7 Å². The summed E-state index contributed by atoms with van der Waals surface area (Å²) in [5.41, 5.74) is 2.92. The predicted octanol–water partition coefficient (Wildman–Crippen LogP) is 5.40. The van der Waals surface area contributed by atoms with E-state index in [1.807, 2.05) is 53.9 Å². The fourth-order valence-corrected chi connectivity index (χ4v) is 3.78. The van der Waals surface area contributed by atoms with Gasteiger partial charge < -0.3 is 0 Å². The molecule has 5 nitrogen and oxygen atoms in total. The number of carbonyl (C=O) groups excluding carboxylic acids is 1. The topological polar surface area (TPSA) is 59.8 Å². The molecule has 0 bridgehead atoms. The zero-order valence-electron chi connectivity index (χ0n) is 15.3. The number of aromatic nitrogens is 3. The van der Waals surface area contributed by atoms with Crippen molar-refractivity contribution < 1.29 is 4.79 Å². The molecule has 0 atom stereocenters. The highest BCUT2D eigenvalue weighted by Crippen LogP contribution is 2.28. The summed E-state index contributed by atoms with van der Waals surface area (Å²) >= 11 is 1.38. The minimum atomic E-state index is -0.231. The number of fused-ring (bicyclic) bond motifs is 1. The van der Waals surface area contributed by atoms with E-state index in [0.29, 0.717) is 16.4 Å². The average molecular weight is 396 g/mol. The Kier molecular flexibility index (Phi) is 4.38. The van der Waals surface area contributed by atoms with E-state index < -0.39 is 0 Å². The van der Waals surface area contributed by atoms with Gasteiger partial charge in [-0.1, -0.05) is 54.6 Å². The van der Waals surface area contributed by atoms with E-state index in [2.05, 4.69) is 34.6 Å². The average Bonchev–Trinajstić information content (AvgIpc) is 3.44. The molecule has 2 aromatic heterocycles. The minimum Gasteiger partial charge on any atom is -0.298 e. The number of amides is 1. The number of para-hydroxylation sites is 1. The number of nitrogens with one attached hydrogen (secondary N) is 1. The van der Waals surface area contributed by atoms with E-state index in [1.54, 1.807) is 17.1 Å². The maximum Gasteiger partial charge on any atom is 0.261 e. The number of hydrogen-bond donors (Lipinski definition) is 1. The van der Waals surface area contributed by atoms with Gasteiger partial charge in [0.2, 0.25) is 0 Å². The molecule has 0 radical (unpaired) electrons. The first kappa shape index (κ1) is 17.3. The molecule has 5 aromatic rings. The van der Waals surface area contributed by atoms with Crippen molar-refractivity contribution in [2.45, 2.75) is 0 Å². The van der Waals surface area contributed by atoms with Gasteiger partial charge in [0.25, 0.3) is 5.91 Å². The highest BCUT2D eigenvalue weighted by Gasteiger charge is 2.19. The quantitative estimate of drug-likeness (QED) is 0.442. The molecule has 6 heteroatoms. The fourth-order valence-electron chi connectivity index (χ4n) is 3.25. The van der Waals surface area contributed by atoms with Gasteiger partial charge in [-0.2, -0.15) is 5.10 Å². The number of rotatable bonds is 4. The van der Waals surface area contributed by atoms with Crippen LogP contribution in [0, 0.1) is 0 Å². The van der Waals surface area contributed by atoms with Crippen LogP contribution in [-0.4, -0.2) is 20.7 Å². The first-order valence-electron chi connectivity index (χ1n) is 9.13.